The molecule has 1 N–H and O–H groups in total. The first kappa shape index (κ1) is 38.6. The van der Waals surface area contributed by atoms with Crippen LogP contribution in [-0.4, -0.2) is 44.1 Å². The van der Waals surface area contributed by atoms with Crippen molar-refractivity contribution in [2.45, 2.75) is 114 Å². The van der Waals surface area contributed by atoms with Gasteiger partial charge in [-0.25, -0.2) is 0 Å². The minimum atomic E-state index is 0. The molecule has 2 aliphatic rings. The van der Waals surface area contributed by atoms with Crippen molar-refractivity contribution in [1.82, 2.24) is 5.32 Å². The van der Waals surface area contributed by atoms with Crippen molar-refractivity contribution in [2.24, 2.45) is 33.7 Å². The molecule has 1 aromatic rings. The highest BCUT2D eigenvalue weighted by molar-refractivity contribution is 5.82. The number of carbonyl (C=O) groups is 2. The molecule has 0 saturated heterocycles. The Bertz CT molecular complexity index is 982. The molecule has 3 unspecified atom stereocenters. The van der Waals surface area contributed by atoms with Crippen LogP contribution in [0.25, 0.3) is 0 Å². The van der Waals surface area contributed by atoms with E-state index in [1.165, 1.54) is 61.9 Å². The van der Waals surface area contributed by atoms with Crippen molar-refractivity contribution < 1.29 is 12.4 Å². The zero-order chi connectivity index (χ0) is 29.9. The van der Waals surface area contributed by atoms with Crippen LogP contribution in [-0.2, 0) is 16.0 Å². The number of carbonyl (C=O) groups excluding carboxylic acids is 2. The average Bonchev–Trinajstić information content (AvgIpc) is 3.05. The van der Waals surface area contributed by atoms with E-state index in [1.807, 2.05) is 13.3 Å². The molecule has 5 nitrogen and oxygen atoms in total. The molecule has 0 amide bonds. The molecule has 1 aliphatic heterocycles. The number of rotatable bonds is 10. The minimum Gasteiger partial charge on any atom is -0.317 e. The normalized spacial score (nSPS) is 22.0. The molecule has 1 fully saturated rings. The van der Waals surface area contributed by atoms with Crippen molar-refractivity contribution in [3.63, 3.8) is 0 Å². The van der Waals surface area contributed by atoms with Crippen LogP contribution in [0.15, 0.2) is 45.5 Å². The third-order valence-electron chi connectivity index (χ3n) is 7.59. The smallest absolute Gasteiger partial charge is 0.133 e. The third-order valence-corrected chi connectivity index (χ3v) is 7.59. The molecular weight excluding hydrogens is 506 g/mol. The Balaban J connectivity index is -0.00000107. The van der Waals surface area contributed by atoms with Gasteiger partial charge in [0.2, 0.25) is 0 Å². The Kier molecular flexibility index (Phi) is 20.9. The molecule has 236 valence electrons. The maximum atomic E-state index is 12.7. The zero-order valence-corrected chi connectivity index (χ0v) is 26.8. The number of aryl methyl sites for hydroxylation is 2. The molecule has 1 aromatic carbocycles. The number of hydrogen-bond acceptors (Lipinski definition) is 5. The van der Waals surface area contributed by atoms with Crippen molar-refractivity contribution in [3.05, 3.63) is 46.7 Å². The highest BCUT2D eigenvalue weighted by Crippen LogP contribution is 2.39. The van der Waals surface area contributed by atoms with Gasteiger partial charge in [-0.1, -0.05) is 65.8 Å². The molecule has 5 heteroatoms. The van der Waals surface area contributed by atoms with Crippen LogP contribution in [0.1, 0.15) is 114 Å². The molecule has 1 aliphatic carbocycles. The summed E-state index contributed by atoms with van der Waals surface area (Å²) in [6.07, 6.45) is 13.4. The highest BCUT2D eigenvalue weighted by Gasteiger charge is 2.30. The summed E-state index contributed by atoms with van der Waals surface area (Å²) in [5.41, 5.74) is 5.15. The topological polar surface area (TPSA) is 70.9 Å². The quantitative estimate of drug-likeness (QED) is 0.225. The second kappa shape index (κ2) is 22.2. The molecule has 3 rings (SSSR count). The van der Waals surface area contributed by atoms with Gasteiger partial charge in [0.25, 0.3) is 0 Å². The van der Waals surface area contributed by atoms with Gasteiger partial charge in [0.05, 0.1) is 0 Å². The van der Waals surface area contributed by atoms with Gasteiger partial charge in [-0.15, -0.1) is 0 Å². The largest absolute Gasteiger partial charge is 0.317 e. The number of Topliss-reactive ketones (excluding diaryl/α,β-unsaturated/α-hetero) is 2. The number of nitrogens with one attached hydrogen (secondary N) is 1. The summed E-state index contributed by atoms with van der Waals surface area (Å²) in [4.78, 5) is 31.5. The first-order valence-corrected chi connectivity index (χ1v) is 15.6. The van der Waals surface area contributed by atoms with Crippen LogP contribution in [0.4, 0.5) is 0 Å². The van der Waals surface area contributed by atoms with E-state index in [2.05, 4.69) is 75.4 Å². The first-order valence-electron chi connectivity index (χ1n) is 15.6. The van der Waals surface area contributed by atoms with Crippen LogP contribution >= 0.6 is 0 Å². The molecule has 1 heterocycles. The number of aliphatic imine (C=N–C) groups is 2. The molecule has 4 atom stereocenters. The van der Waals surface area contributed by atoms with E-state index < -0.39 is 0 Å². The molecule has 0 radical (unpaired) electrons. The van der Waals surface area contributed by atoms with Gasteiger partial charge in [-0.2, -0.15) is 0 Å². The molecule has 0 aromatic heterocycles. The van der Waals surface area contributed by atoms with Gasteiger partial charge in [0.1, 0.15) is 11.6 Å². The van der Waals surface area contributed by atoms with E-state index in [-0.39, 0.29) is 16.1 Å². The third kappa shape index (κ3) is 16.0. The maximum absolute atomic E-state index is 12.7. The molecule has 0 spiro atoms. The average molecular weight is 572 g/mol. The summed E-state index contributed by atoms with van der Waals surface area (Å²) < 4.78 is 0. The number of hydrogen-bond donors (Lipinski definition) is 1. The lowest BCUT2D eigenvalue weighted by Crippen LogP contribution is -2.21. The molecule has 1 saturated carbocycles. The number of nitrogens with zero attached hydrogens (tertiary/aromatic N) is 2. The van der Waals surface area contributed by atoms with Crippen LogP contribution in [0.3, 0.4) is 0 Å². The Labute approximate surface area is 255 Å². The van der Waals surface area contributed by atoms with Gasteiger partial charge < -0.3 is 10.1 Å². The lowest BCUT2D eigenvalue weighted by Gasteiger charge is -2.30. The highest BCUT2D eigenvalue weighted by atomic mass is 16.1. The Morgan fingerprint density at radius 2 is 1.80 bits per heavy atom. The van der Waals surface area contributed by atoms with Crippen LogP contribution in [0, 0.1) is 30.6 Å². The molecule has 41 heavy (non-hydrogen) atoms. The van der Waals surface area contributed by atoms with E-state index in [4.69, 9.17) is 4.99 Å². The predicted octanol–water partition coefficient (Wildman–Crippen LogP) is 9.12. The van der Waals surface area contributed by atoms with Crippen molar-refractivity contribution in [3.8, 4) is 0 Å². The molecule has 0 bridgehead atoms. The predicted molar refractivity (Wildman–Crippen MR) is 184 cm³/mol. The zero-order valence-electron chi connectivity index (χ0n) is 26.8. The Hall–Kier alpha value is -2.40. The number of allylic oxidation sites excluding steroid dienone is 2. The minimum absolute atomic E-state index is 0. The van der Waals surface area contributed by atoms with Gasteiger partial charge in [0.15, 0.2) is 0 Å². The lowest BCUT2D eigenvalue weighted by atomic mass is 9.76. The molecular formula is C36H65N3O2. The Morgan fingerprint density at radius 1 is 1.12 bits per heavy atom. The number of benzene rings is 1. The van der Waals surface area contributed by atoms with E-state index in [1.54, 1.807) is 0 Å². The van der Waals surface area contributed by atoms with E-state index >= 15 is 0 Å². The van der Waals surface area contributed by atoms with E-state index in [9.17, 15) is 9.59 Å². The lowest BCUT2D eigenvalue weighted by molar-refractivity contribution is -0.120. The van der Waals surface area contributed by atoms with Crippen LogP contribution in [0.2, 0.25) is 0 Å². The maximum Gasteiger partial charge on any atom is 0.133 e. The van der Waals surface area contributed by atoms with Crippen molar-refractivity contribution in [2.75, 3.05) is 20.1 Å². The number of ketones is 2. The van der Waals surface area contributed by atoms with Gasteiger partial charge in [-0.3, -0.25) is 14.8 Å². The standard InChI is InChI=1S/C27H38N2O.C5H13N.C3H6O.CH4.2H2/c1-19-14-21(3)26(18-28-4)27(29-17-19)24-11-7-9-22(15-24)16-25(30)13-12-23-10-6-5-8-20(23)2;1-3-5-6-4-2;1-3(2)4;;;/h5-6,8,10,17-19,21-22,24H,7,9,11-16H2,1-4H3;6H,3-5H2,1-2H3;1-2H3;1H4;2*1H/t19?,21?,22-,24?;;;;;/m1...../s1. The van der Waals surface area contributed by atoms with E-state index in [0.717, 1.165) is 38.8 Å². The summed E-state index contributed by atoms with van der Waals surface area (Å²) in [5.74, 6) is 2.52. The SMILES string of the molecule is C.CC(C)=O.CCCNCC.CN=CC1=C(C2CCC[C@@H](CC(=O)CCc3ccccc3C)C2)N=CC(C)CC1C.[HH].[HH]. The van der Waals surface area contributed by atoms with E-state index in [0.29, 0.717) is 35.9 Å². The van der Waals surface area contributed by atoms with Crippen LogP contribution < -0.4 is 5.32 Å². The second-order valence-electron chi connectivity index (χ2n) is 11.8. The van der Waals surface area contributed by atoms with Crippen molar-refractivity contribution >= 4 is 24.0 Å². The van der Waals surface area contributed by atoms with Gasteiger partial charge in [-0.05, 0) is 107 Å². The van der Waals surface area contributed by atoms with Crippen molar-refractivity contribution in [1.29, 1.82) is 0 Å². The monoisotopic (exact) mass is 572 g/mol. The fourth-order valence-corrected chi connectivity index (χ4v) is 5.62. The van der Waals surface area contributed by atoms with Gasteiger partial charge >= 0.3 is 0 Å². The summed E-state index contributed by atoms with van der Waals surface area (Å²) in [7, 11) is 1.85. The first-order chi connectivity index (χ1) is 19.1. The summed E-state index contributed by atoms with van der Waals surface area (Å²) in [6.45, 7) is 16.3. The van der Waals surface area contributed by atoms with Crippen LogP contribution in [0.5, 0.6) is 0 Å². The second-order valence-corrected chi connectivity index (χ2v) is 11.8. The summed E-state index contributed by atoms with van der Waals surface area (Å²) in [6, 6.07) is 8.41. The Morgan fingerprint density at radius 3 is 2.39 bits per heavy atom. The van der Waals surface area contributed by atoms with Gasteiger partial charge in [0, 0.05) is 46.8 Å². The fourth-order valence-electron chi connectivity index (χ4n) is 5.62. The summed E-state index contributed by atoms with van der Waals surface area (Å²) in [5, 5.41) is 3.20. The fraction of sp³-hybridized carbons (Fsp3) is 0.667. The summed E-state index contributed by atoms with van der Waals surface area (Å²) >= 11 is 0.